The Labute approximate surface area is 74.8 Å². The summed E-state index contributed by atoms with van der Waals surface area (Å²) in [5, 5.41) is 4.17. The predicted molar refractivity (Wildman–Crippen MR) is 50.4 cm³/mol. The molecule has 0 radical (unpaired) electrons. The maximum atomic E-state index is 4.17. The lowest BCUT2D eigenvalue weighted by Crippen LogP contribution is -2.05. The van der Waals surface area contributed by atoms with E-state index in [4.69, 9.17) is 0 Å². The Hall–Kier alpha value is -0.0600. The fourth-order valence-electron chi connectivity index (χ4n) is 0.825. The third kappa shape index (κ3) is 2.28. The van der Waals surface area contributed by atoms with E-state index in [1.165, 1.54) is 5.56 Å². The molecule has 0 fully saturated rings. The molecule has 1 aromatic heterocycles. The molecule has 1 unspecified atom stereocenters. The van der Waals surface area contributed by atoms with Gasteiger partial charge in [-0.15, -0.1) is 0 Å². The summed E-state index contributed by atoms with van der Waals surface area (Å²) in [6, 6.07) is 0. The highest BCUT2D eigenvalue weighted by molar-refractivity contribution is 14.1. The number of aromatic nitrogens is 2. The van der Waals surface area contributed by atoms with Gasteiger partial charge in [-0.25, -0.2) is 0 Å². The molecule has 1 aromatic rings. The Kier molecular flexibility index (Phi) is 2.71. The summed E-state index contributed by atoms with van der Waals surface area (Å²) in [4.78, 5) is 0. The van der Waals surface area contributed by atoms with Crippen molar-refractivity contribution >= 4 is 22.6 Å². The molecule has 1 rings (SSSR count). The third-order valence-corrected chi connectivity index (χ3v) is 1.59. The normalized spacial score (nSPS) is 13.5. The molecule has 1 atom stereocenters. The smallest absolute Gasteiger partial charge is 0.0524 e. The molecular formula is C7H11IN2. The van der Waals surface area contributed by atoms with Crippen molar-refractivity contribution in [1.82, 2.24) is 9.78 Å². The van der Waals surface area contributed by atoms with Crippen LogP contribution in [0.25, 0.3) is 0 Å². The second-order valence-electron chi connectivity index (χ2n) is 2.52. The van der Waals surface area contributed by atoms with Gasteiger partial charge < -0.3 is 0 Å². The lowest BCUT2D eigenvalue weighted by atomic mass is 10.4. The van der Waals surface area contributed by atoms with E-state index in [-0.39, 0.29) is 0 Å². The highest BCUT2D eigenvalue weighted by atomic mass is 127. The number of alkyl halides is 1. The number of hydrogen-bond donors (Lipinski definition) is 0. The number of rotatable bonds is 2. The zero-order chi connectivity index (χ0) is 7.56. The van der Waals surface area contributed by atoms with E-state index in [2.05, 4.69) is 47.7 Å². The number of nitrogens with zero attached hydrogens (tertiary/aromatic N) is 2. The van der Waals surface area contributed by atoms with Gasteiger partial charge >= 0.3 is 0 Å². The lowest BCUT2D eigenvalue weighted by molar-refractivity contribution is 0.622. The van der Waals surface area contributed by atoms with E-state index in [0.717, 1.165) is 6.54 Å². The summed E-state index contributed by atoms with van der Waals surface area (Å²) in [7, 11) is 0. The zero-order valence-electron chi connectivity index (χ0n) is 6.21. The van der Waals surface area contributed by atoms with Crippen molar-refractivity contribution in [1.29, 1.82) is 0 Å². The molecule has 0 aliphatic rings. The van der Waals surface area contributed by atoms with Gasteiger partial charge in [0.25, 0.3) is 0 Å². The molecule has 0 N–H and O–H groups in total. The van der Waals surface area contributed by atoms with E-state index in [0.29, 0.717) is 3.92 Å². The van der Waals surface area contributed by atoms with Gasteiger partial charge in [0, 0.05) is 10.1 Å². The van der Waals surface area contributed by atoms with E-state index < -0.39 is 0 Å². The second kappa shape index (κ2) is 3.37. The van der Waals surface area contributed by atoms with Gasteiger partial charge in [-0.1, -0.05) is 29.5 Å². The molecule has 0 aliphatic heterocycles. The predicted octanol–water partition coefficient (Wildman–Crippen LogP) is 2.02. The minimum Gasteiger partial charge on any atom is -0.271 e. The summed E-state index contributed by atoms with van der Waals surface area (Å²) in [6.07, 6.45) is 3.95. The Morgan fingerprint density at radius 3 is 2.90 bits per heavy atom. The minimum absolute atomic E-state index is 0.650. The molecule has 0 saturated heterocycles. The van der Waals surface area contributed by atoms with Crippen LogP contribution >= 0.6 is 22.6 Å². The first kappa shape index (κ1) is 8.04. The molecule has 0 aromatic carbocycles. The largest absolute Gasteiger partial charge is 0.271 e. The minimum atomic E-state index is 0.650. The Morgan fingerprint density at radius 1 is 1.80 bits per heavy atom. The van der Waals surface area contributed by atoms with Crippen LogP contribution in [0.4, 0.5) is 0 Å². The summed E-state index contributed by atoms with van der Waals surface area (Å²) in [5.41, 5.74) is 1.23. The molecule has 0 saturated carbocycles. The molecular weight excluding hydrogens is 239 g/mol. The molecule has 1 heterocycles. The fourth-order valence-corrected chi connectivity index (χ4v) is 1.23. The van der Waals surface area contributed by atoms with Gasteiger partial charge in [0.05, 0.1) is 12.7 Å². The van der Waals surface area contributed by atoms with Crippen LogP contribution in [0.2, 0.25) is 0 Å². The molecule has 56 valence electrons. The van der Waals surface area contributed by atoms with Gasteiger partial charge in [0.2, 0.25) is 0 Å². The molecule has 0 spiro atoms. The Bertz CT molecular complexity index is 205. The van der Waals surface area contributed by atoms with Crippen molar-refractivity contribution in [3.05, 3.63) is 18.0 Å². The molecule has 10 heavy (non-hydrogen) atoms. The van der Waals surface area contributed by atoms with Crippen LogP contribution in [0, 0.1) is 6.92 Å². The molecule has 0 amide bonds. The standard InChI is InChI=1S/C7H11IN2/c1-6-3-9-10(4-6)5-7(2)8/h3-4,7H,5H2,1-2H3. The summed E-state index contributed by atoms with van der Waals surface area (Å²) in [6.45, 7) is 5.24. The van der Waals surface area contributed by atoms with Crippen molar-refractivity contribution in [2.24, 2.45) is 0 Å². The van der Waals surface area contributed by atoms with Crippen LogP contribution < -0.4 is 0 Å². The van der Waals surface area contributed by atoms with Gasteiger partial charge in [-0.2, -0.15) is 5.10 Å². The quantitative estimate of drug-likeness (QED) is 0.580. The SMILES string of the molecule is Cc1cnn(CC(C)I)c1. The first-order chi connectivity index (χ1) is 4.68. The first-order valence-corrected chi connectivity index (χ1v) is 4.56. The average molecular weight is 250 g/mol. The lowest BCUT2D eigenvalue weighted by Gasteiger charge is -2.01. The maximum absolute atomic E-state index is 4.17. The number of hydrogen-bond acceptors (Lipinski definition) is 1. The van der Waals surface area contributed by atoms with E-state index in [1.54, 1.807) is 0 Å². The van der Waals surface area contributed by atoms with Crippen LogP contribution in [0.15, 0.2) is 12.4 Å². The Morgan fingerprint density at radius 2 is 2.50 bits per heavy atom. The highest BCUT2D eigenvalue weighted by Gasteiger charge is 1.97. The van der Waals surface area contributed by atoms with Crippen LogP contribution in [0.5, 0.6) is 0 Å². The van der Waals surface area contributed by atoms with Crippen molar-refractivity contribution in [3.8, 4) is 0 Å². The van der Waals surface area contributed by atoms with E-state index in [1.807, 2.05) is 10.9 Å². The monoisotopic (exact) mass is 250 g/mol. The Balaban J connectivity index is 2.58. The molecule has 0 bridgehead atoms. The van der Waals surface area contributed by atoms with Crippen LogP contribution in [0.1, 0.15) is 12.5 Å². The van der Waals surface area contributed by atoms with E-state index in [9.17, 15) is 0 Å². The van der Waals surface area contributed by atoms with Gasteiger partial charge in [0.1, 0.15) is 0 Å². The molecule has 0 aliphatic carbocycles. The van der Waals surface area contributed by atoms with Crippen molar-refractivity contribution < 1.29 is 0 Å². The fraction of sp³-hybridized carbons (Fsp3) is 0.571. The van der Waals surface area contributed by atoms with Crippen molar-refractivity contribution in [2.45, 2.75) is 24.3 Å². The van der Waals surface area contributed by atoms with Crippen molar-refractivity contribution in [3.63, 3.8) is 0 Å². The third-order valence-electron chi connectivity index (χ3n) is 1.20. The summed E-state index contributed by atoms with van der Waals surface area (Å²) in [5.74, 6) is 0. The van der Waals surface area contributed by atoms with Gasteiger partial charge in [-0.3, -0.25) is 4.68 Å². The van der Waals surface area contributed by atoms with E-state index >= 15 is 0 Å². The topological polar surface area (TPSA) is 17.8 Å². The van der Waals surface area contributed by atoms with Crippen molar-refractivity contribution in [2.75, 3.05) is 0 Å². The number of aryl methyl sites for hydroxylation is 1. The maximum Gasteiger partial charge on any atom is 0.0524 e. The van der Waals surface area contributed by atoms with Gasteiger partial charge in [-0.05, 0) is 12.5 Å². The molecule has 2 nitrogen and oxygen atoms in total. The second-order valence-corrected chi connectivity index (χ2v) is 4.65. The van der Waals surface area contributed by atoms with Gasteiger partial charge in [0.15, 0.2) is 0 Å². The first-order valence-electron chi connectivity index (χ1n) is 3.31. The van der Waals surface area contributed by atoms with Crippen LogP contribution in [0.3, 0.4) is 0 Å². The zero-order valence-corrected chi connectivity index (χ0v) is 8.37. The highest BCUT2D eigenvalue weighted by Crippen LogP contribution is 2.02. The average Bonchev–Trinajstić information content (AvgIpc) is 2.13. The van der Waals surface area contributed by atoms with Crippen LogP contribution in [-0.4, -0.2) is 13.7 Å². The summed E-state index contributed by atoms with van der Waals surface area (Å²) < 4.78 is 2.63. The van der Waals surface area contributed by atoms with Crippen LogP contribution in [-0.2, 0) is 6.54 Å². The molecule has 3 heteroatoms. The number of halogens is 1. The summed E-state index contributed by atoms with van der Waals surface area (Å²) >= 11 is 2.39.